The number of thioether (sulfide) groups is 1. The van der Waals surface area contributed by atoms with Crippen LogP contribution in [0, 0.1) is 6.92 Å². The van der Waals surface area contributed by atoms with E-state index in [4.69, 9.17) is 11.6 Å². The predicted octanol–water partition coefficient (Wildman–Crippen LogP) is 7.42. The molecule has 4 rings (SSSR count). The van der Waals surface area contributed by atoms with Crippen LogP contribution in [0.5, 0.6) is 0 Å². The molecule has 0 aliphatic heterocycles. The lowest BCUT2D eigenvalue weighted by Gasteiger charge is -2.18. The third-order valence-electron chi connectivity index (χ3n) is 5.46. The number of hydrogen-bond acceptors (Lipinski definition) is 4. The van der Waals surface area contributed by atoms with Crippen LogP contribution in [0.1, 0.15) is 35.5 Å². The van der Waals surface area contributed by atoms with E-state index in [0.29, 0.717) is 21.8 Å². The van der Waals surface area contributed by atoms with Gasteiger partial charge in [-0.2, -0.15) is 13.2 Å². The number of aromatic nitrogens is 3. The summed E-state index contributed by atoms with van der Waals surface area (Å²) in [5, 5.41) is 15.0. The standard InChI is InChI=1S/C26H23ClF3N5OS/c1-16-11-12-20(27)14-22(16)35-23(33-34-25(35)37-15-18-7-4-3-5-8-18)17(2)31-24(36)32-21-10-6-9-19(13-21)26(28,29)30/h3-14,17H,15H2,1-2H3,(H2,31,32,36). The number of halogens is 4. The lowest BCUT2D eigenvalue weighted by Crippen LogP contribution is -2.32. The van der Waals surface area contributed by atoms with Crippen molar-refractivity contribution < 1.29 is 18.0 Å². The van der Waals surface area contributed by atoms with Gasteiger partial charge in [0.05, 0.1) is 17.3 Å². The summed E-state index contributed by atoms with van der Waals surface area (Å²) in [4.78, 5) is 12.7. The fraction of sp³-hybridized carbons (Fsp3) is 0.192. The number of anilines is 1. The number of aryl methyl sites for hydroxylation is 1. The fourth-order valence-corrected chi connectivity index (χ4v) is 4.70. The van der Waals surface area contributed by atoms with Crippen LogP contribution in [0.15, 0.2) is 78.0 Å². The molecule has 0 saturated heterocycles. The topological polar surface area (TPSA) is 71.8 Å². The minimum Gasteiger partial charge on any atom is -0.328 e. The van der Waals surface area contributed by atoms with Crippen LogP contribution in [0.4, 0.5) is 23.7 Å². The van der Waals surface area contributed by atoms with Crippen LogP contribution in [-0.4, -0.2) is 20.8 Å². The Bertz CT molecular complexity index is 1390. The second-order valence-electron chi connectivity index (χ2n) is 8.28. The van der Waals surface area contributed by atoms with Gasteiger partial charge < -0.3 is 10.6 Å². The number of alkyl halides is 3. The van der Waals surface area contributed by atoms with Crippen LogP contribution in [0.25, 0.3) is 5.69 Å². The first-order valence-electron chi connectivity index (χ1n) is 11.2. The lowest BCUT2D eigenvalue weighted by molar-refractivity contribution is -0.137. The quantitative estimate of drug-likeness (QED) is 0.237. The molecule has 0 saturated carbocycles. The average Bonchev–Trinajstić information content (AvgIpc) is 3.28. The molecule has 0 radical (unpaired) electrons. The minimum absolute atomic E-state index is 0.0192. The Balaban J connectivity index is 1.58. The maximum Gasteiger partial charge on any atom is 0.416 e. The number of benzene rings is 3. The largest absolute Gasteiger partial charge is 0.416 e. The molecule has 6 nitrogen and oxygen atoms in total. The summed E-state index contributed by atoms with van der Waals surface area (Å²) >= 11 is 7.77. The van der Waals surface area contributed by atoms with Crippen molar-refractivity contribution in [1.29, 1.82) is 0 Å². The van der Waals surface area contributed by atoms with Gasteiger partial charge >= 0.3 is 12.2 Å². The summed E-state index contributed by atoms with van der Waals surface area (Å²) in [6.07, 6.45) is -4.51. The molecular formula is C26H23ClF3N5OS. The van der Waals surface area contributed by atoms with Gasteiger partial charge in [0.2, 0.25) is 0 Å². The van der Waals surface area contributed by atoms with Crippen molar-refractivity contribution in [2.75, 3.05) is 5.32 Å². The zero-order valence-corrected chi connectivity index (χ0v) is 21.5. The zero-order chi connectivity index (χ0) is 26.6. The second-order valence-corrected chi connectivity index (χ2v) is 9.66. The van der Waals surface area contributed by atoms with Crippen molar-refractivity contribution in [3.05, 3.63) is 100 Å². The third kappa shape index (κ3) is 6.64. The highest BCUT2D eigenvalue weighted by Crippen LogP contribution is 2.32. The smallest absolute Gasteiger partial charge is 0.328 e. The van der Waals surface area contributed by atoms with Crippen molar-refractivity contribution in [2.24, 2.45) is 0 Å². The summed E-state index contributed by atoms with van der Waals surface area (Å²) < 4.78 is 40.9. The minimum atomic E-state index is -4.51. The molecule has 0 aliphatic carbocycles. The van der Waals surface area contributed by atoms with Crippen LogP contribution < -0.4 is 10.6 Å². The van der Waals surface area contributed by atoms with Gasteiger partial charge in [0, 0.05) is 16.5 Å². The molecule has 1 unspecified atom stereocenters. The summed E-state index contributed by atoms with van der Waals surface area (Å²) in [6.45, 7) is 3.65. The molecule has 0 bridgehead atoms. The van der Waals surface area contributed by atoms with E-state index in [9.17, 15) is 18.0 Å². The van der Waals surface area contributed by atoms with Gasteiger partial charge in [0.15, 0.2) is 11.0 Å². The SMILES string of the molecule is Cc1ccc(Cl)cc1-n1c(SCc2ccccc2)nnc1C(C)NC(=O)Nc1cccc(C(F)(F)F)c1. The highest BCUT2D eigenvalue weighted by atomic mass is 35.5. The molecule has 1 aromatic heterocycles. The lowest BCUT2D eigenvalue weighted by atomic mass is 10.2. The van der Waals surface area contributed by atoms with E-state index in [2.05, 4.69) is 20.8 Å². The zero-order valence-electron chi connectivity index (χ0n) is 19.9. The maximum absolute atomic E-state index is 13.0. The molecule has 1 atom stereocenters. The number of carbonyl (C=O) groups is 1. The first-order chi connectivity index (χ1) is 17.6. The van der Waals surface area contributed by atoms with Crippen LogP contribution in [0.2, 0.25) is 5.02 Å². The van der Waals surface area contributed by atoms with Crippen LogP contribution in [0.3, 0.4) is 0 Å². The molecule has 2 amide bonds. The van der Waals surface area contributed by atoms with Gasteiger partial charge in [-0.3, -0.25) is 4.57 Å². The number of nitrogens with zero attached hydrogens (tertiary/aromatic N) is 3. The fourth-order valence-electron chi connectivity index (χ4n) is 3.63. The molecule has 2 N–H and O–H groups in total. The average molecular weight is 546 g/mol. The number of hydrogen-bond donors (Lipinski definition) is 2. The maximum atomic E-state index is 13.0. The number of rotatable bonds is 7. The van der Waals surface area contributed by atoms with Crippen molar-refractivity contribution in [3.8, 4) is 5.69 Å². The summed E-state index contributed by atoms with van der Waals surface area (Å²) in [5.41, 5.74) is 1.96. The van der Waals surface area contributed by atoms with E-state index < -0.39 is 23.8 Å². The van der Waals surface area contributed by atoms with Gasteiger partial charge in [-0.05, 0) is 55.3 Å². The van der Waals surface area contributed by atoms with Crippen LogP contribution in [-0.2, 0) is 11.9 Å². The van der Waals surface area contributed by atoms with Gasteiger partial charge in [0.1, 0.15) is 0 Å². The highest BCUT2D eigenvalue weighted by Gasteiger charge is 2.30. The third-order valence-corrected chi connectivity index (χ3v) is 6.70. The Morgan fingerprint density at radius 1 is 1.05 bits per heavy atom. The Labute approximate surface area is 221 Å². The Morgan fingerprint density at radius 3 is 2.54 bits per heavy atom. The summed E-state index contributed by atoms with van der Waals surface area (Å²) in [6, 6.07) is 18.5. The van der Waals surface area contributed by atoms with Gasteiger partial charge in [0.25, 0.3) is 0 Å². The first kappa shape index (κ1) is 26.6. The van der Waals surface area contributed by atoms with Gasteiger partial charge in [-0.1, -0.05) is 65.8 Å². The van der Waals surface area contributed by atoms with Gasteiger partial charge in [-0.25, -0.2) is 4.79 Å². The Kier molecular flexibility index (Phi) is 8.09. The molecule has 0 aliphatic rings. The van der Waals surface area contributed by atoms with E-state index in [0.717, 1.165) is 28.9 Å². The van der Waals surface area contributed by atoms with E-state index >= 15 is 0 Å². The number of amides is 2. The number of urea groups is 1. The Morgan fingerprint density at radius 2 is 1.81 bits per heavy atom. The molecule has 0 fully saturated rings. The van der Waals surface area contributed by atoms with E-state index in [1.165, 1.54) is 23.9 Å². The first-order valence-corrected chi connectivity index (χ1v) is 12.6. The predicted molar refractivity (Wildman–Crippen MR) is 139 cm³/mol. The molecule has 192 valence electrons. The van der Waals surface area contributed by atoms with Crippen molar-refractivity contribution in [3.63, 3.8) is 0 Å². The molecule has 37 heavy (non-hydrogen) atoms. The van der Waals surface area contributed by atoms with Gasteiger partial charge in [-0.15, -0.1) is 10.2 Å². The number of nitrogens with one attached hydrogen (secondary N) is 2. The van der Waals surface area contributed by atoms with E-state index in [1.54, 1.807) is 19.1 Å². The van der Waals surface area contributed by atoms with E-state index in [-0.39, 0.29) is 5.69 Å². The molecule has 4 aromatic rings. The normalized spacial score (nSPS) is 12.3. The molecule has 0 spiro atoms. The summed E-state index contributed by atoms with van der Waals surface area (Å²) in [5.74, 6) is 1.09. The van der Waals surface area contributed by atoms with Crippen molar-refractivity contribution in [1.82, 2.24) is 20.1 Å². The Hall–Kier alpha value is -3.50. The second kappa shape index (κ2) is 11.3. The van der Waals surface area contributed by atoms with E-state index in [1.807, 2.05) is 47.9 Å². The molecule has 3 aromatic carbocycles. The van der Waals surface area contributed by atoms with Crippen LogP contribution >= 0.6 is 23.4 Å². The highest BCUT2D eigenvalue weighted by molar-refractivity contribution is 7.98. The van der Waals surface area contributed by atoms with Crippen molar-refractivity contribution in [2.45, 2.75) is 37.0 Å². The molecule has 1 heterocycles. The summed E-state index contributed by atoms with van der Waals surface area (Å²) in [7, 11) is 0. The molecule has 11 heteroatoms. The van der Waals surface area contributed by atoms with Crippen molar-refractivity contribution >= 4 is 35.1 Å². The molecular weight excluding hydrogens is 523 g/mol. The number of carbonyl (C=O) groups excluding carboxylic acids is 1. The monoisotopic (exact) mass is 545 g/mol.